The molecule has 92 valence electrons. The van der Waals surface area contributed by atoms with Gasteiger partial charge in [0.25, 0.3) is 0 Å². The lowest BCUT2D eigenvalue weighted by Crippen LogP contribution is -2.31. The number of aliphatic hydroxyl groups excluding tert-OH is 2. The summed E-state index contributed by atoms with van der Waals surface area (Å²) in [5.74, 6) is 0.711. The lowest BCUT2D eigenvalue weighted by molar-refractivity contribution is 0.0221. The molecule has 1 unspecified atom stereocenters. The lowest BCUT2D eigenvalue weighted by Gasteiger charge is -2.10. The summed E-state index contributed by atoms with van der Waals surface area (Å²) in [7, 11) is 0. The van der Waals surface area contributed by atoms with E-state index >= 15 is 0 Å². The third-order valence-electron chi connectivity index (χ3n) is 1.85. The fourth-order valence-electron chi connectivity index (χ4n) is 1.13. The first-order valence-corrected chi connectivity index (χ1v) is 5.83. The van der Waals surface area contributed by atoms with E-state index in [-0.39, 0.29) is 13.2 Å². The van der Waals surface area contributed by atoms with Crippen molar-refractivity contribution in [2.45, 2.75) is 12.7 Å². The minimum atomic E-state index is -0.579. The highest BCUT2D eigenvalue weighted by atomic mass is 79.9. The molecule has 0 saturated carbocycles. The van der Waals surface area contributed by atoms with E-state index < -0.39 is 6.10 Å². The maximum absolute atomic E-state index is 9.45. The van der Waals surface area contributed by atoms with Gasteiger partial charge >= 0.3 is 0 Å². The molecule has 6 heteroatoms. The first-order chi connectivity index (χ1) is 7.72. The lowest BCUT2D eigenvalue weighted by atomic mass is 10.4. The molecule has 0 aliphatic carbocycles. The molecule has 0 bridgehead atoms. The van der Waals surface area contributed by atoms with Gasteiger partial charge in [-0.2, -0.15) is 0 Å². The minimum absolute atomic E-state index is 0.0635. The Morgan fingerprint density at radius 2 is 2.31 bits per heavy atom. The second kappa shape index (κ2) is 7.81. The van der Waals surface area contributed by atoms with Crippen molar-refractivity contribution in [1.29, 1.82) is 0 Å². The quantitative estimate of drug-likeness (QED) is 0.609. The molecule has 0 aliphatic heterocycles. The normalized spacial score (nSPS) is 12.9. The van der Waals surface area contributed by atoms with E-state index in [4.69, 9.17) is 14.3 Å². The van der Waals surface area contributed by atoms with Crippen molar-refractivity contribution in [1.82, 2.24) is 5.32 Å². The van der Waals surface area contributed by atoms with Gasteiger partial charge in [-0.1, -0.05) is 0 Å². The third-order valence-corrected chi connectivity index (χ3v) is 2.28. The van der Waals surface area contributed by atoms with Crippen LogP contribution in [0.5, 0.6) is 0 Å². The largest absolute Gasteiger partial charge is 0.452 e. The molecule has 5 nitrogen and oxygen atoms in total. The van der Waals surface area contributed by atoms with Gasteiger partial charge in [0.05, 0.1) is 19.3 Å². The van der Waals surface area contributed by atoms with Gasteiger partial charge in [-0.05, 0) is 28.1 Å². The second-order valence-electron chi connectivity index (χ2n) is 3.30. The Morgan fingerprint density at radius 3 is 2.94 bits per heavy atom. The van der Waals surface area contributed by atoms with Crippen LogP contribution in [0.4, 0.5) is 0 Å². The molecule has 0 saturated heterocycles. The molecule has 0 aliphatic rings. The van der Waals surface area contributed by atoms with Gasteiger partial charge in [0.2, 0.25) is 0 Å². The predicted molar refractivity (Wildman–Crippen MR) is 62.0 cm³/mol. The van der Waals surface area contributed by atoms with Crippen LogP contribution < -0.4 is 5.32 Å². The fraction of sp³-hybridized carbons (Fsp3) is 0.600. The molecule has 1 aromatic rings. The number of nitrogens with one attached hydrogen (secondary N) is 1. The number of rotatable bonds is 8. The Labute approximate surface area is 103 Å². The molecular formula is C10H16BrNO4. The summed E-state index contributed by atoms with van der Waals surface area (Å²) in [5, 5.41) is 20.8. The van der Waals surface area contributed by atoms with E-state index in [0.29, 0.717) is 30.1 Å². The van der Waals surface area contributed by atoms with E-state index in [2.05, 4.69) is 21.2 Å². The molecule has 0 amide bonds. The molecule has 1 rings (SSSR count). The zero-order valence-corrected chi connectivity index (χ0v) is 10.4. The van der Waals surface area contributed by atoms with Gasteiger partial charge in [0, 0.05) is 13.1 Å². The Kier molecular flexibility index (Phi) is 6.67. The molecule has 1 aromatic heterocycles. The monoisotopic (exact) mass is 293 g/mol. The molecule has 0 spiro atoms. The topological polar surface area (TPSA) is 74.9 Å². The highest BCUT2D eigenvalue weighted by Crippen LogP contribution is 2.14. The van der Waals surface area contributed by atoms with Crippen LogP contribution in [0.1, 0.15) is 5.76 Å². The third kappa shape index (κ3) is 5.62. The summed E-state index contributed by atoms with van der Waals surface area (Å²) >= 11 is 3.19. The van der Waals surface area contributed by atoms with Crippen LogP contribution >= 0.6 is 15.9 Å². The number of furan rings is 1. The van der Waals surface area contributed by atoms with E-state index in [9.17, 15) is 5.11 Å². The van der Waals surface area contributed by atoms with Crippen molar-refractivity contribution in [3.8, 4) is 0 Å². The van der Waals surface area contributed by atoms with E-state index in [1.54, 1.807) is 12.1 Å². The van der Waals surface area contributed by atoms with Crippen LogP contribution in [0.2, 0.25) is 0 Å². The predicted octanol–water partition coefficient (Wildman–Crippen LogP) is 0.501. The number of hydrogen-bond donors (Lipinski definition) is 3. The fourth-order valence-corrected chi connectivity index (χ4v) is 1.47. The van der Waals surface area contributed by atoms with Crippen molar-refractivity contribution >= 4 is 15.9 Å². The molecule has 0 radical (unpaired) electrons. The van der Waals surface area contributed by atoms with Gasteiger partial charge in [0.1, 0.15) is 12.4 Å². The van der Waals surface area contributed by atoms with Crippen LogP contribution in [-0.2, 0) is 11.3 Å². The maximum atomic E-state index is 9.45. The Balaban J connectivity index is 2.06. The number of halogens is 1. The van der Waals surface area contributed by atoms with Crippen molar-refractivity contribution in [3.63, 3.8) is 0 Å². The number of aliphatic hydroxyl groups is 2. The highest BCUT2D eigenvalue weighted by Gasteiger charge is 2.05. The van der Waals surface area contributed by atoms with Gasteiger partial charge in [-0.3, -0.25) is 0 Å². The second-order valence-corrected chi connectivity index (χ2v) is 4.08. The van der Waals surface area contributed by atoms with Crippen molar-refractivity contribution in [2.75, 3.05) is 26.3 Å². The number of hydrogen-bond acceptors (Lipinski definition) is 5. The average molecular weight is 294 g/mol. The van der Waals surface area contributed by atoms with Crippen LogP contribution in [-0.4, -0.2) is 42.6 Å². The molecule has 3 N–H and O–H groups in total. The summed E-state index contributed by atoms with van der Waals surface area (Å²) < 4.78 is 11.1. The van der Waals surface area contributed by atoms with Crippen LogP contribution in [0.15, 0.2) is 21.2 Å². The SMILES string of the molecule is OCCNCC(O)COCc1ccc(Br)o1. The smallest absolute Gasteiger partial charge is 0.169 e. The van der Waals surface area contributed by atoms with Crippen LogP contribution in [0, 0.1) is 0 Å². The first-order valence-electron chi connectivity index (χ1n) is 5.04. The Hall–Kier alpha value is -0.400. The molecule has 1 heterocycles. The molecule has 1 atom stereocenters. The molecular weight excluding hydrogens is 278 g/mol. The van der Waals surface area contributed by atoms with Crippen molar-refractivity contribution < 1.29 is 19.4 Å². The van der Waals surface area contributed by atoms with Crippen LogP contribution in [0.3, 0.4) is 0 Å². The highest BCUT2D eigenvalue weighted by molar-refractivity contribution is 9.10. The van der Waals surface area contributed by atoms with E-state index in [1.165, 1.54) is 0 Å². The summed E-state index contributed by atoms with van der Waals surface area (Å²) in [5.41, 5.74) is 0. The zero-order chi connectivity index (χ0) is 11.8. The summed E-state index contributed by atoms with van der Waals surface area (Å²) in [6, 6.07) is 3.60. The Bertz CT molecular complexity index is 292. The summed E-state index contributed by atoms with van der Waals surface area (Å²) in [4.78, 5) is 0. The maximum Gasteiger partial charge on any atom is 0.169 e. The van der Waals surface area contributed by atoms with Crippen LogP contribution in [0.25, 0.3) is 0 Å². The first kappa shape index (κ1) is 13.7. The van der Waals surface area contributed by atoms with Crippen molar-refractivity contribution in [2.24, 2.45) is 0 Å². The summed E-state index contributed by atoms with van der Waals surface area (Å²) in [6.45, 7) is 1.51. The molecule has 16 heavy (non-hydrogen) atoms. The zero-order valence-electron chi connectivity index (χ0n) is 8.86. The summed E-state index contributed by atoms with van der Waals surface area (Å²) in [6.07, 6.45) is -0.579. The number of ether oxygens (including phenoxy) is 1. The van der Waals surface area contributed by atoms with Gasteiger partial charge < -0.3 is 24.7 Å². The molecule has 0 fully saturated rings. The van der Waals surface area contributed by atoms with Gasteiger partial charge in [0.15, 0.2) is 4.67 Å². The molecule has 0 aromatic carbocycles. The van der Waals surface area contributed by atoms with Gasteiger partial charge in [-0.15, -0.1) is 0 Å². The van der Waals surface area contributed by atoms with Crippen molar-refractivity contribution in [3.05, 3.63) is 22.6 Å². The average Bonchev–Trinajstić information content (AvgIpc) is 2.65. The Morgan fingerprint density at radius 1 is 1.50 bits per heavy atom. The van der Waals surface area contributed by atoms with E-state index in [0.717, 1.165) is 0 Å². The van der Waals surface area contributed by atoms with E-state index in [1.807, 2.05) is 0 Å². The minimum Gasteiger partial charge on any atom is -0.452 e. The van der Waals surface area contributed by atoms with Gasteiger partial charge in [-0.25, -0.2) is 0 Å². The standard InChI is InChI=1S/C10H16BrNO4/c11-10-2-1-9(16-10)7-15-6-8(14)5-12-3-4-13/h1-2,8,12-14H,3-7H2.